The zero-order valence-electron chi connectivity index (χ0n) is 29.4. The van der Waals surface area contributed by atoms with Gasteiger partial charge in [-0.1, -0.05) is 125 Å². The summed E-state index contributed by atoms with van der Waals surface area (Å²) in [7, 11) is 0. The summed E-state index contributed by atoms with van der Waals surface area (Å²) >= 11 is 0. The second-order valence-corrected chi connectivity index (χ2v) is 15.7. The highest BCUT2D eigenvalue weighted by molar-refractivity contribution is 6.93. The maximum absolute atomic E-state index is 5.86. The van der Waals surface area contributed by atoms with Crippen LogP contribution in [0.3, 0.4) is 0 Å². The van der Waals surface area contributed by atoms with E-state index < -0.39 is 0 Å². The molecule has 2 aromatic rings. The quantitative estimate of drug-likeness (QED) is 0.187. The van der Waals surface area contributed by atoms with E-state index in [1.54, 1.807) is 0 Å². The Kier molecular flexibility index (Phi) is 10.2. The third-order valence-electron chi connectivity index (χ3n) is 11.9. The molecule has 4 fully saturated rings. The highest BCUT2D eigenvalue weighted by atomic mass is 15.4. The molecule has 0 unspecified atom stereocenters. The van der Waals surface area contributed by atoms with Gasteiger partial charge in [0.25, 0.3) is 6.85 Å². The van der Waals surface area contributed by atoms with Gasteiger partial charge in [-0.3, -0.25) is 0 Å². The SMILES string of the molecule is Cc1ccc(N=C(N(B2C3CCCC2CCC3)C(C)C)N(C(=Nc2c(C)cccc2C)B2C3CCCC2CCC3)C(C)C)cc1. The topological polar surface area (TPSA) is 31.2 Å². The molecule has 4 aliphatic heterocycles. The van der Waals surface area contributed by atoms with Crippen LogP contribution in [0.25, 0.3) is 0 Å². The third kappa shape index (κ3) is 6.81. The van der Waals surface area contributed by atoms with Gasteiger partial charge in [0, 0.05) is 12.1 Å². The van der Waals surface area contributed by atoms with Crippen LogP contribution in [0, 0.1) is 20.8 Å². The van der Waals surface area contributed by atoms with Gasteiger partial charge >= 0.3 is 0 Å². The summed E-state index contributed by atoms with van der Waals surface area (Å²) in [5.74, 6) is 4.09. The van der Waals surface area contributed by atoms with Crippen molar-refractivity contribution in [2.24, 2.45) is 9.98 Å². The number of hydrogen-bond donors (Lipinski definition) is 0. The van der Waals surface area contributed by atoms with Crippen LogP contribution >= 0.6 is 0 Å². The fourth-order valence-corrected chi connectivity index (χ4v) is 9.86. The van der Waals surface area contributed by atoms with E-state index in [0.717, 1.165) is 23.3 Å². The lowest BCUT2D eigenvalue weighted by atomic mass is 9.26. The number of aryl methyl sites for hydroxylation is 3. The first kappa shape index (κ1) is 32.5. The molecule has 0 aromatic heterocycles. The van der Waals surface area contributed by atoms with Gasteiger partial charge in [-0.2, -0.15) is 0 Å². The Morgan fingerprint density at radius 3 is 1.60 bits per heavy atom. The maximum Gasteiger partial charge on any atom is 0.264 e. The normalized spacial score (nSPS) is 25.6. The van der Waals surface area contributed by atoms with Crippen LogP contribution in [0.15, 0.2) is 52.4 Å². The molecule has 4 nitrogen and oxygen atoms in total. The molecule has 0 spiro atoms. The molecular formula is C39H58B2N4. The van der Waals surface area contributed by atoms with Crippen molar-refractivity contribution in [1.29, 1.82) is 0 Å². The molecule has 0 N–H and O–H groups in total. The summed E-state index contributed by atoms with van der Waals surface area (Å²) in [6.07, 6.45) is 16.3. The molecule has 0 aliphatic carbocycles. The lowest BCUT2D eigenvalue weighted by Gasteiger charge is -2.52. The van der Waals surface area contributed by atoms with Gasteiger partial charge in [0.2, 0.25) is 6.71 Å². The smallest absolute Gasteiger partial charge is 0.264 e. The van der Waals surface area contributed by atoms with E-state index in [0.29, 0.717) is 31.2 Å². The van der Waals surface area contributed by atoms with Crippen LogP contribution in [0.5, 0.6) is 0 Å². The lowest BCUT2D eigenvalue weighted by Crippen LogP contribution is -2.63. The summed E-state index contributed by atoms with van der Waals surface area (Å²) in [6, 6.07) is 16.2. The molecule has 4 saturated heterocycles. The number of para-hydroxylation sites is 1. The van der Waals surface area contributed by atoms with Gasteiger partial charge in [0.15, 0.2) is 5.96 Å². The van der Waals surface area contributed by atoms with Gasteiger partial charge in [-0.25, -0.2) is 9.98 Å². The molecule has 0 saturated carbocycles. The second-order valence-electron chi connectivity index (χ2n) is 15.7. The van der Waals surface area contributed by atoms with Crippen molar-refractivity contribution in [3.05, 3.63) is 59.2 Å². The summed E-state index contributed by atoms with van der Waals surface area (Å²) in [5, 5.41) is 0. The first-order valence-corrected chi connectivity index (χ1v) is 18.6. The van der Waals surface area contributed by atoms with E-state index in [1.165, 1.54) is 105 Å². The van der Waals surface area contributed by atoms with Gasteiger partial charge in [-0.15, -0.1) is 0 Å². The Hall–Kier alpha value is -2.49. The van der Waals surface area contributed by atoms with Gasteiger partial charge in [0.1, 0.15) is 0 Å². The van der Waals surface area contributed by atoms with E-state index >= 15 is 0 Å². The van der Waals surface area contributed by atoms with E-state index in [1.807, 2.05) is 0 Å². The predicted octanol–water partition coefficient (Wildman–Crippen LogP) is 11.0. The first-order chi connectivity index (χ1) is 21.7. The largest absolute Gasteiger partial charge is 0.383 e. The van der Waals surface area contributed by atoms with Crippen LogP contribution in [-0.2, 0) is 0 Å². The predicted molar refractivity (Wildman–Crippen MR) is 197 cm³/mol. The first-order valence-electron chi connectivity index (χ1n) is 18.6. The molecule has 6 rings (SSSR count). The molecule has 0 atom stereocenters. The molecule has 0 amide bonds. The number of rotatable bonds is 6. The fourth-order valence-electron chi connectivity index (χ4n) is 9.86. The number of amidine groups is 1. The van der Waals surface area contributed by atoms with Crippen LogP contribution in [-0.4, -0.2) is 47.0 Å². The van der Waals surface area contributed by atoms with Crippen molar-refractivity contribution in [1.82, 2.24) is 9.71 Å². The zero-order valence-corrected chi connectivity index (χ0v) is 29.4. The molecule has 4 aliphatic rings. The van der Waals surface area contributed by atoms with Crippen molar-refractivity contribution < 1.29 is 0 Å². The average molecular weight is 605 g/mol. The average Bonchev–Trinajstić information content (AvgIpc) is 2.98. The summed E-state index contributed by atoms with van der Waals surface area (Å²) < 4.78 is 0. The molecule has 45 heavy (non-hydrogen) atoms. The molecule has 2 aromatic carbocycles. The Bertz CT molecular complexity index is 1300. The van der Waals surface area contributed by atoms with Crippen molar-refractivity contribution in [3.8, 4) is 0 Å². The molecule has 4 bridgehead atoms. The lowest BCUT2D eigenvalue weighted by molar-refractivity contribution is 0.356. The van der Waals surface area contributed by atoms with E-state index in [2.05, 4.69) is 101 Å². The van der Waals surface area contributed by atoms with Crippen LogP contribution < -0.4 is 0 Å². The van der Waals surface area contributed by atoms with Crippen molar-refractivity contribution in [2.75, 3.05) is 0 Å². The van der Waals surface area contributed by atoms with Crippen molar-refractivity contribution in [3.63, 3.8) is 0 Å². The summed E-state index contributed by atoms with van der Waals surface area (Å²) in [5.41, 5.74) is 7.36. The Balaban J connectivity index is 1.58. The van der Waals surface area contributed by atoms with E-state index in [4.69, 9.17) is 9.98 Å². The number of guanidine groups is 1. The van der Waals surface area contributed by atoms with Gasteiger partial charge < -0.3 is 9.71 Å². The highest BCUT2D eigenvalue weighted by Gasteiger charge is 2.50. The Morgan fingerprint density at radius 2 is 1.13 bits per heavy atom. The van der Waals surface area contributed by atoms with Crippen molar-refractivity contribution in [2.45, 2.75) is 161 Å². The minimum absolute atomic E-state index is 0.240. The number of benzene rings is 2. The summed E-state index contributed by atoms with van der Waals surface area (Å²) in [6.45, 7) is 17.3. The third-order valence-corrected chi connectivity index (χ3v) is 11.9. The standard InChI is InChI=1S/C39H58B2N4/c1-27(2)44(38(43-37-30(6)13-8-14-31(37)7)40-32-15-9-16-33(40)18-10-17-32)39(42-36-25-23-29(5)24-26-36)45(28(3)4)41-34-19-11-20-35(41)22-12-21-34/h8,13-14,23-28,32-35H,9-12,15-22H2,1-7H3. The second kappa shape index (κ2) is 14.1. The molecule has 6 heteroatoms. The minimum Gasteiger partial charge on any atom is -0.383 e. The zero-order chi connectivity index (χ0) is 31.7. The molecule has 240 valence electrons. The Morgan fingerprint density at radius 1 is 0.644 bits per heavy atom. The van der Waals surface area contributed by atoms with Crippen LogP contribution in [0.4, 0.5) is 11.4 Å². The highest BCUT2D eigenvalue weighted by Crippen LogP contribution is 2.50. The van der Waals surface area contributed by atoms with Crippen LogP contribution in [0.2, 0.25) is 23.3 Å². The van der Waals surface area contributed by atoms with Crippen molar-refractivity contribution >= 4 is 36.6 Å². The summed E-state index contributed by atoms with van der Waals surface area (Å²) in [4.78, 5) is 17.1. The molecule has 0 radical (unpaired) electrons. The number of nitrogens with zero attached hydrogens (tertiary/aromatic N) is 4. The monoisotopic (exact) mass is 604 g/mol. The molecule has 4 heterocycles. The number of hydrogen-bond acceptors (Lipinski definition) is 2. The van der Waals surface area contributed by atoms with Gasteiger partial charge in [-0.05, 0) is 83.4 Å². The Labute approximate surface area is 275 Å². The number of aliphatic imine (C=N–C) groups is 2. The van der Waals surface area contributed by atoms with Crippen LogP contribution in [0.1, 0.15) is 121 Å². The maximum atomic E-state index is 5.86. The minimum atomic E-state index is 0.240. The fraction of sp³-hybridized carbons (Fsp3) is 0.641. The van der Waals surface area contributed by atoms with E-state index in [-0.39, 0.29) is 6.04 Å². The number of fused-ring (bicyclic) bond motifs is 4. The molecular weight excluding hydrogens is 546 g/mol. The van der Waals surface area contributed by atoms with Gasteiger partial charge in [0.05, 0.1) is 17.1 Å². The van der Waals surface area contributed by atoms with E-state index in [9.17, 15) is 0 Å².